The number of rotatable bonds is 10. The number of hydrogen-bond donors (Lipinski definition) is 1. The van der Waals surface area contributed by atoms with Crippen molar-refractivity contribution in [2.24, 2.45) is 0 Å². The average Bonchev–Trinajstić information content (AvgIpc) is 2.68. The topological polar surface area (TPSA) is 56.8 Å². The zero-order valence-corrected chi connectivity index (χ0v) is 15.7. The Morgan fingerprint density at radius 3 is 2.38 bits per heavy atom. The summed E-state index contributed by atoms with van der Waals surface area (Å²) in [5, 5.41) is 2.93. The summed E-state index contributed by atoms with van der Waals surface area (Å²) in [4.78, 5) is 12.2. The van der Waals surface area contributed by atoms with Crippen LogP contribution in [-0.4, -0.2) is 33.3 Å². The highest BCUT2D eigenvalue weighted by Gasteiger charge is 2.07. The highest BCUT2D eigenvalue weighted by atomic mass is 16.5. The maximum Gasteiger partial charge on any atom is 0.251 e. The Hall–Kier alpha value is -2.69. The molecule has 0 aliphatic heterocycles. The molecule has 0 heterocycles. The van der Waals surface area contributed by atoms with Crippen molar-refractivity contribution in [1.29, 1.82) is 0 Å². The molecule has 1 N–H and O–H groups in total. The number of nitrogens with one attached hydrogen (secondary N) is 1. The van der Waals surface area contributed by atoms with Crippen molar-refractivity contribution in [3.8, 4) is 17.2 Å². The number of methoxy groups -OCH3 is 2. The van der Waals surface area contributed by atoms with Gasteiger partial charge in [0.1, 0.15) is 5.75 Å². The van der Waals surface area contributed by atoms with Crippen molar-refractivity contribution < 1.29 is 19.0 Å². The first kappa shape index (κ1) is 19.6. The lowest BCUT2D eigenvalue weighted by atomic mass is 10.1. The van der Waals surface area contributed by atoms with E-state index >= 15 is 0 Å². The molecule has 5 nitrogen and oxygen atoms in total. The monoisotopic (exact) mass is 357 g/mol. The highest BCUT2D eigenvalue weighted by Crippen LogP contribution is 2.27. The first-order valence-corrected chi connectivity index (χ1v) is 8.90. The summed E-state index contributed by atoms with van der Waals surface area (Å²) in [6, 6.07) is 13.0. The Morgan fingerprint density at radius 1 is 1.00 bits per heavy atom. The third kappa shape index (κ3) is 5.69. The summed E-state index contributed by atoms with van der Waals surface area (Å²) in [5.41, 5.74) is 1.70. The summed E-state index contributed by atoms with van der Waals surface area (Å²) in [6.07, 6.45) is 2.84. The average molecular weight is 357 g/mol. The lowest BCUT2D eigenvalue weighted by Crippen LogP contribution is -2.25. The van der Waals surface area contributed by atoms with Crippen LogP contribution in [0, 0.1) is 0 Å². The third-order valence-corrected chi connectivity index (χ3v) is 4.03. The first-order valence-electron chi connectivity index (χ1n) is 8.90. The molecule has 0 bridgehead atoms. The van der Waals surface area contributed by atoms with E-state index in [1.165, 1.54) is 0 Å². The molecule has 0 saturated heterocycles. The molecule has 2 aromatic carbocycles. The molecule has 0 aliphatic rings. The second-order valence-corrected chi connectivity index (χ2v) is 5.92. The Balaban J connectivity index is 1.83. The number of carbonyl (C=O) groups excluding carboxylic acids is 1. The van der Waals surface area contributed by atoms with Gasteiger partial charge in [-0.1, -0.05) is 19.4 Å². The molecular formula is C21H27NO4. The summed E-state index contributed by atoms with van der Waals surface area (Å²) in [7, 11) is 3.22. The Bertz CT molecular complexity index is 698. The van der Waals surface area contributed by atoms with E-state index in [0.717, 1.165) is 24.2 Å². The second kappa shape index (κ2) is 10.3. The van der Waals surface area contributed by atoms with Gasteiger partial charge in [0.05, 0.1) is 20.8 Å². The van der Waals surface area contributed by atoms with Gasteiger partial charge in [-0.2, -0.15) is 0 Å². The SMILES string of the molecule is CCCCOc1ccc(C(=O)NCCc2ccc(OC)c(OC)c2)cc1. The van der Waals surface area contributed by atoms with Crippen LogP contribution in [0.5, 0.6) is 17.2 Å². The van der Waals surface area contributed by atoms with Crippen LogP contribution in [0.1, 0.15) is 35.7 Å². The van der Waals surface area contributed by atoms with E-state index in [2.05, 4.69) is 12.2 Å². The van der Waals surface area contributed by atoms with E-state index in [0.29, 0.717) is 36.6 Å². The van der Waals surface area contributed by atoms with Crippen LogP contribution in [0.15, 0.2) is 42.5 Å². The van der Waals surface area contributed by atoms with Gasteiger partial charge in [-0.25, -0.2) is 0 Å². The van der Waals surface area contributed by atoms with Crippen molar-refractivity contribution in [1.82, 2.24) is 5.32 Å². The van der Waals surface area contributed by atoms with Crippen LogP contribution < -0.4 is 19.5 Å². The van der Waals surface area contributed by atoms with Gasteiger partial charge in [-0.3, -0.25) is 4.79 Å². The van der Waals surface area contributed by atoms with Crippen LogP contribution in [-0.2, 0) is 6.42 Å². The van der Waals surface area contributed by atoms with Gasteiger partial charge >= 0.3 is 0 Å². The maximum absolute atomic E-state index is 12.2. The van der Waals surface area contributed by atoms with Crippen LogP contribution in [0.2, 0.25) is 0 Å². The van der Waals surface area contributed by atoms with Gasteiger partial charge in [-0.05, 0) is 54.8 Å². The zero-order valence-electron chi connectivity index (χ0n) is 15.7. The van der Waals surface area contributed by atoms with Crippen molar-refractivity contribution in [2.45, 2.75) is 26.2 Å². The number of amides is 1. The zero-order chi connectivity index (χ0) is 18.8. The fraction of sp³-hybridized carbons (Fsp3) is 0.381. The molecule has 0 saturated carbocycles. The smallest absolute Gasteiger partial charge is 0.251 e. The largest absolute Gasteiger partial charge is 0.494 e. The molecule has 26 heavy (non-hydrogen) atoms. The minimum absolute atomic E-state index is 0.0921. The van der Waals surface area contributed by atoms with E-state index in [9.17, 15) is 4.79 Å². The second-order valence-electron chi connectivity index (χ2n) is 5.92. The van der Waals surface area contributed by atoms with E-state index in [1.807, 2.05) is 30.3 Å². The molecule has 0 spiro atoms. The molecule has 0 aromatic heterocycles. The van der Waals surface area contributed by atoms with Gasteiger partial charge in [0, 0.05) is 12.1 Å². The number of hydrogen-bond acceptors (Lipinski definition) is 4. The van der Waals surface area contributed by atoms with Crippen LogP contribution in [0.4, 0.5) is 0 Å². The Kier molecular flexibility index (Phi) is 7.80. The molecule has 0 radical (unpaired) electrons. The van der Waals surface area contributed by atoms with Crippen molar-refractivity contribution in [3.63, 3.8) is 0 Å². The summed E-state index contributed by atoms with van der Waals surface area (Å²) < 4.78 is 16.1. The van der Waals surface area contributed by atoms with E-state index in [4.69, 9.17) is 14.2 Å². The molecule has 2 rings (SSSR count). The van der Waals surface area contributed by atoms with Crippen molar-refractivity contribution in [2.75, 3.05) is 27.4 Å². The molecule has 0 fully saturated rings. The van der Waals surface area contributed by atoms with Crippen LogP contribution in [0.3, 0.4) is 0 Å². The van der Waals surface area contributed by atoms with Crippen LogP contribution >= 0.6 is 0 Å². The van der Waals surface area contributed by atoms with Gasteiger partial charge in [0.2, 0.25) is 0 Å². The fourth-order valence-electron chi connectivity index (χ4n) is 2.50. The number of benzene rings is 2. The number of ether oxygens (including phenoxy) is 3. The predicted octanol–water partition coefficient (Wildman–Crippen LogP) is 3.86. The van der Waals surface area contributed by atoms with Gasteiger partial charge in [-0.15, -0.1) is 0 Å². The number of carbonyl (C=O) groups is 1. The summed E-state index contributed by atoms with van der Waals surface area (Å²) >= 11 is 0. The van der Waals surface area contributed by atoms with Crippen LogP contribution in [0.25, 0.3) is 0 Å². The molecule has 5 heteroatoms. The predicted molar refractivity (Wildman–Crippen MR) is 102 cm³/mol. The standard InChI is InChI=1S/C21H27NO4/c1-4-5-14-26-18-9-7-17(8-10-18)21(23)22-13-12-16-6-11-19(24-2)20(15-16)25-3/h6-11,15H,4-5,12-14H2,1-3H3,(H,22,23). The maximum atomic E-state index is 12.2. The van der Waals surface area contributed by atoms with E-state index in [1.54, 1.807) is 26.4 Å². The highest BCUT2D eigenvalue weighted by molar-refractivity contribution is 5.94. The summed E-state index contributed by atoms with van der Waals surface area (Å²) in [6.45, 7) is 3.37. The lowest BCUT2D eigenvalue weighted by molar-refractivity contribution is 0.0954. The molecule has 0 unspecified atom stereocenters. The molecule has 1 amide bonds. The molecule has 140 valence electrons. The first-order chi connectivity index (χ1) is 12.7. The summed E-state index contributed by atoms with van der Waals surface area (Å²) in [5.74, 6) is 2.09. The normalized spacial score (nSPS) is 10.3. The van der Waals surface area contributed by atoms with E-state index < -0.39 is 0 Å². The Labute approximate surface area is 155 Å². The minimum Gasteiger partial charge on any atom is -0.494 e. The lowest BCUT2D eigenvalue weighted by Gasteiger charge is -2.10. The quantitative estimate of drug-likeness (QED) is 0.656. The van der Waals surface area contributed by atoms with Gasteiger partial charge < -0.3 is 19.5 Å². The van der Waals surface area contributed by atoms with E-state index in [-0.39, 0.29) is 5.91 Å². The molecule has 0 atom stereocenters. The van der Waals surface area contributed by atoms with Gasteiger partial charge in [0.25, 0.3) is 5.91 Å². The minimum atomic E-state index is -0.0921. The molecular weight excluding hydrogens is 330 g/mol. The Morgan fingerprint density at radius 2 is 1.73 bits per heavy atom. The van der Waals surface area contributed by atoms with Gasteiger partial charge in [0.15, 0.2) is 11.5 Å². The molecule has 2 aromatic rings. The molecule has 0 aliphatic carbocycles. The fourth-order valence-corrected chi connectivity index (χ4v) is 2.50. The third-order valence-electron chi connectivity index (χ3n) is 4.03. The van der Waals surface area contributed by atoms with Crippen molar-refractivity contribution in [3.05, 3.63) is 53.6 Å². The number of unbranched alkanes of at least 4 members (excludes halogenated alkanes) is 1. The van der Waals surface area contributed by atoms with Crippen molar-refractivity contribution >= 4 is 5.91 Å².